The minimum atomic E-state index is -0.548. The molecular formula is C18H24BrN3O2. The minimum absolute atomic E-state index is 0.291. The van der Waals surface area contributed by atoms with Gasteiger partial charge in [-0.15, -0.1) is 0 Å². The Balaban J connectivity index is 2.27. The van der Waals surface area contributed by atoms with Crippen molar-refractivity contribution in [2.24, 2.45) is 5.92 Å². The third-order valence-corrected chi connectivity index (χ3v) is 3.66. The summed E-state index contributed by atoms with van der Waals surface area (Å²) >= 11 is 3.43. The molecule has 0 fully saturated rings. The average Bonchev–Trinajstić information content (AvgIpc) is 2.93. The molecule has 0 saturated carbocycles. The van der Waals surface area contributed by atoms with Gasteiger partial charge in [-0.25, -0.2) is 14.7 Å². The molecule has 1 aromatic heterocycles. The summed E-state index contributed by atoms with van der Waals surface area (Å²) in [6.45, 7) is 10.2. The van der Waals surface area contributed by atoms with Crippen LogP contribution in [0.25, 0.3) is 11.3 Å². The second-order valence-corrected chi connectivity index (χ2v) is 8.03. The second-order valence-electron chi connectivity index (χ2n) is 7.11. The number of hydrogen-bond acceptors (Lipinski definition) is 3. The molecule has 0 saturated heterocycles. The van der Waals surface area contributed by atoms with Crippen LogP contribution in [-0.4, -0.2) is 28.2 Å². The Bertz CT molecular complexity index is 687. The lowest BCUT2D eigenvalue weighted by Gasteiger charge is -2.26. The summed E-state index contributed by atoms with van der Waals surface area (Å²) in [6, 6.07) is 7.91. The van der Waals surface area contributed by atoms with Gasteiger partial charge in [-0.2, -0.15) is 0 Å². The summed E-state index contributed by atoms with van der Waals surface area (Å²) < 4.78 is 6.52. The molecule has 0 aliphatic heterocycles. The number of aromatic nitrogens is 2. The van der Waals surface area contributed by atoms with Gasteiger partial charge in [0.05, 0.1) is 11.9 Å². The first kappa shape index (κ1) is 18.5. The highest BCUT2D eigenvalue weighted by atomic mass is 79.9. The van der Waals surface area contributed by atoms with Crippen molar-refractivity contribution in [2.45, 2.75) is 40.2 Å². The number of nitrogens with zero attached hydrogens (tertiary/aromatic N) is 2. The minimum Gasteiger partial charge on any atom is -0.443 e. The zero-order chi connectivity index (χ0) is 17.9. The van der Waals surface area contributed by atoms with E-state index in [-0.39, 0.29) is 0 Å². The number of ether oxygens (including phenoxy) is 1. The molecule has 130 valence electrons. The summed E-state index contributed by atoms with van der Waals surface area (Å²) in [5, 5.41) is 0. The molecule has 2 aromatic rings. The predicted octanol–water partition coefficient (Wildman–Crippen LogP) is 5.24. The van der Waals surface area contributed by atoms with Crippen molar-refractivity contribution in [3.8, 4) is 11.3 Å². The van der Waals surface area contributed by atoms with E-state index in [9.17, 15) is 4.79 Å². The fourth-order valence-electron chi connectivity index (χ4n) is 2.15. The molecule has 1 heterocycles. The number of hydrogen-bond donors (Lipinski definition) is 1. The number of nitrogens with one attached hydrogen (secondary N) is 1. The van der Waals surface area contributed by atoms with Crippen molar-refractivity contribution < 1.29 is 9.53 Å². The van der Waals surface area contributed by atoms with Gasteiger partial charge >= 0.3 is 6.09 Å². The number of carbonyl (C=O) groups excluding carboxylic acids is 1. The van der Waals surface area contributed by atoms with Gasteiger partial charge in [0.25, 0.3) is 0 Å². The number of imidazole rings is 1. The van der Waals surface area contributed by atoms with Gasteiger partial charge in [-0.3, -0.25) is 0 Å². The summed E-state index contributed by atoms with van der Waals surface area (Å²) in [6.07, 6.45) is 1.34. The van der Waals surface area contributed by atoms with Crippen LogP contribution in [0.5, 0.6) is 0 Å². The number of aromatic amines is 1. The Morgan fingerprint density at radius 1 is 1.29 bits per heavy atom. The van der Waals surface area contributed by atoms with Gasteiger partial charge < -0.3 is 9.72 Å². The quantitative estimate of drug-likeness (QED) is 0.772. The molecule has 0 aliphatic carbocycles. The highest BCUT2D eigenvalue weighted by Gasteiger charge is 2.26. The maximum atomic E-state index is 12.5. The van der Waals surface area contributed by atoms with Crippen LogP contribution in [-0.2, 0) is 4.74 Å². The summed E-state index contributed by atoms with van der Waals surface area (Å²) in [7, 11) is 0. The van der Waals surface area contributed by atoms with Gasteiger partial charge in [-0.1, -0.05) is 41.9 Å². The number of rotatable bonds is 4. The highest BCUT2D eigenvalue weighted by molar-refractivity contribution is 9.10. The first-order valence-corrected chi connectivity index (χ1v) is 8.76. The maximum Gasteiger partial charge on any atom is 0.417 e. The van der Waals surface area contributed by atoms with E-state index in [1.165, 1.54) is 0 Å². The summed E-state index contributed by atoms with van der Waals surface area (Å²) in [5.74, 6) is 0.787. The molecule has 0 aliphatic rings. The number of anilines is 1. The SMILES string of the molecule is CC(C)CN(C(=O)OC(C)(C)C)c1ncc(-c2ccc(Br)cc2)[nH]1. The van der Waals surface area contributed by atoms with Crippen LogP contribution in [0.3, 0.4) is 0 Å². The summed E-state index contributed by atoms with van der Waals surface area (Å²) in [5.41, 5.74) is 1.31. The molecule has 1 amide bonds. The largest absolute Gasteiger partial charge is 0.443 e. The normalized spacial score (nSPS) is 11.6. The van der Waals surface area contributed by atoms with E-state index in [0.29, 0.717) is 18.4 Å². The van der Waals surface area contributed by atoms with Gasteiger partial charge in [0.2, 0.25) is 5.95 Å². The zero-order valence-corrected chi connectivity index (χ0v) is 16.3. The van der Waals surface area contributed by atoms with E-state index in [1.807, 2.05) is 45.0 Å². The molecule has 6 heteroatoms. The van der Waals surface area contributed by atoms with Gasteiger partial charge in [-0.05, 0) is 44.4 Å². The molecule has 0 bridgehead atoms. The van der Waals surface area contributed by atoms with Crippen LogP contribution in [0, 0.1) is 5.92 Å². The van der Waals surface area contributed by atoms with Crippen molar-refractivity contribution in [1.82, 2.24) is 9.97 Å². The number of H-pyrrole nitrogens is 1. The molecule has 0 atom stereocenters. The van der Waals surface area contributed by atoms with E-state index in [1.54, 1.807) is 11.1 Å². The molecule has 1 aromatic carbocycles. The fourth-order valence-corrected chi connectivity index (χ4v) is 2.42. The van der Waals surface area contributed by atoms with Crippen LogP contribution < -0.4 is 4.90 Å². The number of halogens is 1. The van der Waals surface area contributed by atoms with Crippen molar-refractivity contribution in [3.63, 3.8) is 0 Å². The van der Waals surface area contributed by atoms with Crippen molar-refractivity contribution in [2.75, 3.05) is 11.4 Å². The predicted molar refractivity (Wildman–Crippen MR) is 100 cm³/mol. The van der Waals surface area contributed by atoms with E-state index in [0.717, 1.165) is 15.7 Å². The second kappa shape index (κ2) is 7.38. The molecule has 1 N–H and O–H groups in total. The van der Waals surface area contributed by atoms with Crippen molar-refractivity contribution in [1.29, 1.82) is 0 Å². The Kier molecular flexibility index (Phi) is 5.70. The molecule has 24 heavy (non-hydrogen) atoms. The van der Waals surface area contributed by atoms with Crippen LogP contribution >= 0.6 is 15.9 Å². The van der Waals surface area contributed by atoms with Gasteiger partial charge in [0, 0.05) is 11.0 Å². The lowest BCUT2D eigenvalue weighted by Crippen LogP contribution is -2.39. The van der Waals surface area contributed by atoms with Gasteiger partial charge in [0.1, 0.15) is 5.60 Å². The van der Waals surface area contributed by atoms with E-state index in [4.69, 9.17) is 4.74 Å². The molecule has 0 spiro atoms. The third-order valence-electron chi connectivity index (χ3n) is 3.13. The first-order chi connectivity index (χ1) is 11.2. The molecule has 2 rings (SSSR count). The number of carbonyl (C=O) groups is 1. The Hall–Kier alpha value is -1.82. The Morgan fingerprint density at radius 2 is 1.92 bits per heavy atom. The number of amides is 1. The average molecular weight is 394 g/mol. The Labute approximate surface area is 151 Å². The van der Waals surface area contributed by atoms with E-state index < -0.39 is 11.7 Å². The summed E-state index contributed by atoms with van der Waals surface area (Å²) in [4.78, 5) is 21.7. The molecule has 5 nitrogen and oxygen atoms in total. The zero-order valence-electron chi connectivity index (χ0n) is 14.8. The van der Waals surface area contributed by atoms with Crippen LogP contribution in [0.2, 0.25) is 0 Å². The lowest BCUT2D eigenvalue weighted by atomic mass is 10.2. The fraction of sp³-hybridized carbons (Fsp3) is 0.444. The standard InChI is InChI=1S/C18H24BrN3O2/c1-12(2)11-22(17(23)24-18(3,4)5)16-20-10-15(21-16)13-6-8-14(19)9-7-13/h6-10,12H,11H2,1-5H3,(H,20,21). The van der Waals surface area contributed by atoms with Gasteiger partial charge in [0.15, 0.2) is 0 Å². The van der Waals surface area contributed by atoms with Crippen molar-refractivity contribution in [3.05, 3.63) is 34.9 Å². The van der Waals surface area contributed by atoms with E-state index in [2.05, 4.69) is 39.7 Å². The Morgan fingerprint density at radius 3 is 2.46 bits per heavy atom. The molecule has 0 unspecified atom stereocenters. The topological polar surface area (TPSA) is 58.2 Å². The first-order valence-electron chi connectivity index (χ1n) is 7.97. The van der Waals surface area contributed by atoms with Crippen molar-refractivity contribution >= 4 is 28.0 Å². The third kappa shape index (κ3) is 5.09. The van der Waals surface area contributed by atoms with Crippen LogP contribution in [0.4, 0.5) is 10.7 Å². The smallest absolute Gasteiger partial charge is 0.417 e. The van der Waals surface area contributed by atoms with E-state index >= 15 is 0 Å². The van der Waals surface area contributed by atoms with Crippen LogP contribution in [0.1, 0.15) is 34.6 Å². The van der Waals surface area contributed by atoms with Crippen LogP contribution in [0.15, 0.2) is 34.9 Å². The number of benzene rings is 1. The molecule has 0 radical (unpaired) electrons. The highest BCUT2D eigenvalue weighted by Crippen LogP contribution is 2.24. The maximum absolute atomic E-state index is 12.5. The lowest BCUT2D eigenvalue weighted by molar-refractivity contribution is 0.0574. The monoisotopic (exact) mass is 393 g/mol. The molecular weight excluding hydrogens is 370 g/mol.